The van der Waals surface area contributed by atoms with Crippen molar-refractivity contribution in [2.75, 3.05) is 0 Å². The molecule has 0 amide bonds. The van der Waals surface area contributed by atoms with Crippen LogP contribution < -0.4 is 0 Å². The van der Waals surface area contributed by atoms with Gasteiger partial charge in [-0.1, -0.05) is 24.3 Å². The molecule has 2 aromatic heterocycles. The summed E-state index contributed by atoms with van der Waals surface area (Å²) in [7, 11) is 0. The lowest BCUT2D eigenvalue weighted by atomic mass is 10.1. The normalized spacial score (nSPS) is 11.4. The highest BCUT2D eigenvalue weighted by Crippen LogP contribution is 2.35. The van der Waals surface area contributed by atoms with Gasteiger partial charge in [-0.15, -0.1) is 22.7 Å². The van der Waals surface area contributed by atoms with Crippen molar-refractivity contribution in [2.24, 2.45) is 0 Å². The molecule has 0 bridgehead atoms. The van der Waals surface area contributed by atoms with E-state index in [2.05, 4.69) is 36.4 Å². The minimum atomic E-state index is 0.432. The van der Waals surface area contributed by atoms with Gasteiger partial charge in [0.25, 0.3) is 0 Å². The van der Waals surface area contributed by atoms with Crippen LogP contribution in [0.2, 0.25) is 0 Å². The molecule has 1 N–H and O–H groups in total. The average Bonchev–Trinajstić information content (AvgIpc) is 3.08. The number of fused-ring (bicyclic) bond motifs is 2. The fourth-order valence-electron chi connectivity index (χ4n) is 2.53. The summed E-state index contributed by atoms with van der Waals surface area (Å²) in [5.74, 6) is 0.432. The molecular formula is C17H12OS2. The van der Waals surface area contributed by atoms with Crippen molar-refractivity contribution in [1.82, 2.24) is 0 Å². The van der Waals surface area contributed by atoms with Crippen LogP contribution in [0.1, 0.15) is 10.4 Å². The van der Waals surface area contributed by atoms with Crippen molar-refractivity contribution in [1.29, 1.82) is 0 Å². The maximum Gasteiger partial charge on any atom is 0.127 e. The fourth-order valence-corrected chi connectivity index (χ4v) is 4.40. The number of aromatic hydroxyl groups is 1. The molecule has 2 heterocycles. The molecule has 0 aliphatic rings. The molecular weight excluding hydrogens is 284 g/mol. The van der Waals surface area contributed by atoms with E-state index in [-0.39, 0.29) is 0 Å². The van der Waals surface area contributed by atoms with Crippen molar-refractivity contribution >= 4 is 42.8 Å². The first kappa shape index (κ1) is 11.9. The Balaban J connectivity index is 1.78. The van der Waals surface area contributed by atoms with Gasteiger partial charge < -0.3 is 5.11 Å². The van der Waals surface area contributed by atoms with Gasteiger partial charge in [-0.2, -0.15) is 0 Å². The molecule has 0 aliphatic heterocycles. The Morgan fingerprint density at radius 1 is 0.950 bits per heavy atom. The molecule has 20 heavy (non-hydrogen) atoms. The van der Waals surface area contributed by atoms with Gasteiger partial charge in [0.2, 0.25) is 0 Å². The summed E-state index contributed by atoms with van der Waals surface area (Å²) in [5, 5.41) is 14.7. The summed E-state index contributed by atoms with van der Waals surface area (Å²) in [4.78, 5) is 1.29. The maximum atomic E-state index is 10.4. The van der Waals surface area contributed by atoms with Crippen molar-refractivity contribution in [3.8, 4) is 5.75 Å². The predicted molar refractivity (Wildman–Crippen MR) is 88.1 cm³/mol. The van der Waals surface area contributed by atoms with Crippen LogP contribution in [0.25, 0.3) is 20.2 Å². The van der Waals surface area contributed by atoms with E-state index in [0.29, 0.717) is 5.75 Å². The minimum absolute atomic E-state index is 0.432. The van der Waals surface area contributed by atoms with E-state index in [4.69, 9.17) is 0 Å². The van der Waals surface area contributed by atoms with E-state index in [1.807, 2.05) is 17.5 Å². The SMILES string of the molecule is Oc1c(Cc2cc3ccccc3s2)ccc2sccc12. The monoisotopic (exact) mass is 296 g/mol. The smallest absolute Gasteiger partial charge is 0.127 e. The van der Waals surface area contributed by atoms with Gasteiger partial charge in [0.05, 0.1) is 0 Å². The van der Waals surface area contributed by atoms with E-state index in [0.717, 1.165) is 22.1 Å². The second kappa shape index (κ2) is 4.62. The highest BCUT2D eigenvalue weighted by molar-refractivity contribution is 7.19. The Bertz CT molecular complexity index is 869. The van der Waals surface area contributed by atoms with Crippen LogP contribution in [0, 0.1) is 0 Å². The summed E-state index contributed by atoms with van der Waals surface area (Å²) < 4.78 is 2.45. The van der Waals surface area contributed by atoms with Gasteiger partial charge in [-0.05, 0) is 40.6 Å². The van der Waals surface area contributed by atoms with E-state index >= 15 is 0 Å². The summed E-state index contributed by atoms with van der Waals surface area (Å²) >= 11 is 3.46. The number of phenolic OH excluding ortho intramolecular Hbond substituents is 1. The Morgan fingerprint density at radius 2 is 1.85 bits per heavy atom. The van der Waals surface area contributed by atoms with Gasteiger partial charge in [-0.3, -0.25) is 0 Å². The molecule has 4 aromatic rings. The van der Waals surface area contributed by atoms with Gasteiger partial charge in [0, 0.05) is 26.1 Å². The lowest BCUT2D eigenvalue weighted by Gasteiger charge is -2.04. The molecule has 98 valence electrons. The van der Waals surface area contributed by atoms with Crippen LogP contribution in [0.5, 0.6) is 5.75 Å². The highest BCUT2D eigenvalue weighted by atomic mass is 32.1. The summed E-state index contributed by atoms with van der Waals surface area (Å²) in [6.07, 6.45) is 0.789. The van der Waals surface area contributed by atoms with Crippen LogP contribution >= 0.6 is 22.7 Å². The first-order chi connectivity index (χ1) is 9.81. The largest absolute Gasteiger partial charge is 0.507 e. The molecule has 2 aromatic carbocycles. The number of hydrogen-bond donors (Lipinski definition) is 1. The van der Waals surface area contributed by atoms with Gasteiger partial charge >= 0.3 is 0 Å². The number of benzene rings is 2. The lowest BCUT2D eigenvalue weighted by Crippen LogP contribution is -1.85. The zero-order valence-corrected chi connectivity index (χ0v) is 12.3. The molecule has 3 heteroatoms. The lowest BCUT2D eigenvalue weighted by molar-refractivity contribution is 0.476. The number of rotatable bonds is 2. The third-order valence-corrected chi connectivity index (χ3v) is 5.53. The molecule has 0 saturated carbocycles. The third kappa shape index (κ3) is 1.90. The molecule has 0 fully saturated rings. The van der Waals surface area contributed by atoms with Gasteiger partial charge in [0.1, 0.15) is 5.75 Å². The van der Waals surface area contributed by atoms with E-state index in [1.165, 1.54) is 15.0 Å². The average molecular weight is 296 g/mol. The van der Waals surface area contributed by atoms with Gasteiger partial charge in [-0.25, -0.2) is 0 Å². The van der Waals surface area contributed by atoms with E-state index in [9.17, 15) is 5.11 Å². The number of hydrogen-bond acceptors (Lipinski definition) is 3. The molecule has 4 rings (SSSR count). The zero-order chi connectivity index (χ0) is 13.5. The van der Waals surface area contributed by atoms with Gasteiger partial charge in [0.15, 0.2) is 0 Å². The van der Waals surface area contributed by atoms with Crippen molar-refractivity contribution in [3.63, 3.8) is 0 Å². The van der Waals surface area contributed by atoms with E-state index in [1.54, 1.807) is 22.7 Å². The standard InChI is InChI=1S/C17H12OS2/c18-17-12(5-6-16-14(17)7-8-19-16)10-13-9-11-3-1-2-4-15(11)20-13/h1-9,18H,10H2. The first-order valence-electron chi connectivity index (χ1n) is 6.47. The first-order valence-corrected chi connectivity index (χ1v) is 8.16. The quantitative estimate of drug-likeness (QED) is 0.524. The summed E-state index contributed by atoms with van der Waals surface area (Å²) in [6, 6.07) is 16.8. The van der Waals surface area contributed by atoms with Crippen molar-refractivity contribution in [3.05, 3.63) is 64.4 Å². The molecule has 0 saturated heterocycles. The molecule has 0 aliphatic carbocycles. The number of thiophene rings is 2. The third-order valence-electron chi connectivity index (χ3n) is 3.53. The second-order valence-corrected chi connectivity index (χ2v) is 6.95. The van der Waals surface area contributed by atoms with E-state index < -0.39 is 0 Å². The Kier molecular flexibility index (Phi) is 2.76. The van der Waals surface area contributed by atoms with Crippen LogP contribution in [0.4, 0.5) is 0 Å². The summed E-state index contributed by atoms with van der Waals surface area (Å²) in [6.45, 7) is 0. The molecule has 1 nitrogen and oxygen atoms in total. The fraction of sp³-hybridized carbons (Fsp3) is 0.0588. The maximum absolute atomic E-state index is 10.4. The van der Waals surface area contributed by atoms with Crippen LogP contribution in [-0.4, -0.2) is 5.11 Å². The topological polar surface area (TPSA) is 20.2 Å². The Hall–Kier alpha value is -1.84. The summed E-state index contributed by atoms with van der Waals surface area (Å²) in [5.41, 5.74) is 1.00. The number of phenols is 1. The highest BCUT2D eigenvalue weighted by Gasteiger charge is 2.09. The van der Waals surface area contributed by atoms with Crippen LogP contribution in [-0.2, 0) is 6.42 Å². The molecule has 0 radical (unpaired) electrons. The van der Waals surface area contributed by atoms with Crippen molar-refractivity contribution < 1.29 is 5.11 Å². The molecule has 0 spiro atoms. The second-order valence-electron chi connectivity index (χ2n) is 4.83. The molecule has 0 atom stereocenters. The van der Waals surface area contributed by atoms with Crippen LogP contribution in [0.15, 0.2) is 53.9 Å². The minimum Gasteiger partial charge on any atom is -0.507 e. The Morgan fingerprint density at radius 3 is 2.75 bits per heavy atom. The predicted octanol–water partition coefficient (Wildman–Crippen LogP) is 5.41. The van der Waals surface area contributed by atoms with Crippen LogP contribution in [0.3, 0.4) is 0 Å². The Labute approximate surface area is 124 Å². The van der Waals surface area contributed by atoms with Crippen molar-refractivity contribution in [2.45, 2.75) is 6.42 Å². The molecule has 0 unspecified atom stereocenters. The zero-order valence-electron chi connectivity index (χ0n) is 10.7.